The monoisotopic (exact) mass is 294 g/mol. The molecule has 0 aliphatic rings. The van der Waals surface area contributed by atoms with Crippen molar-refractivity contribution in [1.29, 1.82) is 0 Å². The van der Waals surface area contributed by atoms with Gasteiger partial charge in [-0.1, -0.05) is 0 Å². The molecule has 0 aromatic heterocycles. The zero-order chi connectivity index (χ0) is 0. The van der Waals surface area contributed by atoms with Crippen molar-refractivity contribution in [3.63, 3.8) is 0 Å². The number of hydrogen-bond donors (Lipinski definition) is 0. The molecule has 2 N–H and O–H groups in total. The van der Waals surface area contributed by atoms with E-state index in [0.717, 1.165) is 0 Å². The van der Waals surface area contributed by atoms with Crippen LogP contribution in [-0.4, -0.2) is 29.4 Å². The summed E-state index contributed by atoms with van der Waals surface area (Å²) >= 11 is 0. The summed E-state index contributed by atoms with van der Waals surface area (Å²) in [4.78, 5) is 0. The van der Waals surface area contributed by atoms with Gasteiger partial charge >= 0.3 is 23.9 Å². The van der Waals surface area contributed by atoms with Gasteiger partial charge < -0.3 is 5.48 Å². The van der Waals surface area contributed by atoms with Crippen LogP contribution in [0.1, 0.15) is 0 Å². The molecule has 0 atom stereocenters. The smallest absolute Gasteiger partial charge is 0 e. The van der Waals surface area contributed by atoms with Gasteiger partial charge in [0, 0.05) is 45.7 Å². The van der Waals surface area contributed by atoms with Gasteiger partial charge in [-0.25, -0.2) is 0 Å². The standard InChI is InChI=1S/H2O.Sn.Zn.Zr.2H/h1H2;;;;;. The predicted molar refractivity (Wildman–Crippen MR) is 12.2 cm³/mol. The van der Waals surface area contributed by atoms with Gasteiger partial charge in [0.15, 0.2) is 0 Å². The Morgan fingerprint density at radius 3 is 1.00 bits per heavy atom. The maximum absolute atomic E-state index is 0. The molecule has 20 valence electrons. The summed E-state index contributed by atoms with van der Waals surface area (Å²) in [7, 11) is 0. The second kappa shape index (κ2) is 18.7. The molecule has 0 aromatic rings. The SMILES string of the molecule is O.[SnH2].[Zn].[Zr]. The van der Waals surface area contributed by atoms with Crippen molar-refractivity contribution < 1.29 is 51.2 Å². The molecule has 4 heteroatoms. The van der Waals surface area contributed by atoms with Gasteiger partial charge in [-0.3, -0.25) is 0 Å². The van der Waals surface area contributed by atoms with Gasteiger partial charge in [-0.15, -0.1) is 0 Å². The molecule has 0 aliphatic carbocycles. The van der Waals surface area contributed by atoms with E-state index in [2.05, 4.69) is 0 Å². The third-order valence-corrected chi connectivity index (χ3v) is 0. The molecule has 0 unspecified atom stereocenters. The third-order valence-electron chi connectivity index (χ3n) is 0. The summed E-state index contributed by atoms with van der Waals surface area (Å²) in [5, 5.41) is 0. The molecule has 0 rings (SSSR count). The summed E-state index contributed by atoms with van der Waals surface area (Å²) in [6, 6.07) is 0. The van der Waals surface area contributed by atoms with Crippen molar-refractivity contribution in [2.45, 2.75) is 0 Å². The summed E-state index contributed by atoms with van der Waals surface area (Å²) in [5.74, 6) is 0. The number of rotatable bonds is 0. The Morgan fingerprint density at radius 1 is 1.00 bits per heavy atom. The van der Waals surface area contributed by atoms with Crippen molar-refractivity contribution in [2.75, 3.05) is 0 Å². The van der Waals surface area contributed by atoms with Gasteiger partial charge in [-0.2, -0.15) is 0 Å². The van der Waals surface area contributed by atoms with Crippen molar-refractivity contribution >= 4 is 23.9 Å². The average molecular weight is 295 g/mol. The second-order valence-corrected chi connectivity index (χ2v) is 0. The second-order valence-electron chi connectivity index (χ2n) is 0. The fraction of sp³-hybridized carbons (Fsp3) is 0. The Balaban J connectivity index is 0. The average Bonchev–Trinajstić information content (AvgIpc) is 0. The fourth-order valence-electron chi connectivity index (χ4n) is 0. The van der Waals surface area contributed by atoms with Gasteiger partial charge in [0.1, 0.15) is 0 Å². The van der Waals surface area contributed by atoms with Crippen LogP contribution in [0.4, 0.5) is 0 Å². The van der Waals surface area contributed by atoms with Gasteiger partial charge in [0.2, 0.25) is 0 Å². The normalized spacial score (nSPS) is 0. The fourth-order valence-corrected chi connectivity index (χ4v) is 0. The van der Waals surface area contributed by atoms with Crippen LogP contribution >= 0.6 is 0 Å². The maximum Gasteiger partial charge on any atom is 0 e. The van der Waals surface area contributed by atoms with Crippen LogP contribution in [0.5, 0.6) is 0 Å². The Kier molecular flexibility index (Phi) is 158. The van der Waals surface area contributed by atoms with E-state index in [1.165, 1.54) is 0 Å². The summed E-state index contributed by atoms with van der Waals surface area (Å²) in [6.07, 6.45) is 0. The van der Waals surface area contributed by atoms with E-state index in [0.29, 0.717) is 0 Å². The van der Waals surface area contributed by atoms with Crippen LogP contribution in [0.3, 0.4) is 0 Å². The summed E-state index contributed by atoms with van der Waals surface area (Å²) < 4.78 is 0. The van der Waals surface area contributed by atoms with Crippen LogP contribution in [0.2, 0.25) is 0 Å². The summed E-state index contributed by atoms with van der Waals surface area (Å²) in [6.45, 7) is 0. The third kappa shape index (κ3) is 8.86. The molecule has 0 heterocycles. The van der Waals surface area contributed by atoms with Gasteiger partial charge in [0.05, 0.1) is 0 Å². The quantitative estimate of drug-likeness (QED) is 0.475. The first-order valence-corrected chi connectivity index (χ1v) is 0. The van der Waals surface area contributed by atoms with Crippen molar-refractivity contribution in [3.05, 3.63) is 0 Å². The Labute approximate surface area is 74.1 Å². The summed E-state index contributed by atoms with van der Waals surface area (Å²) in [5.41, 5.74) is 0. The topological polar surface area (TPSA) is 31.5 Å². The van der Waals surface area contributed by atoms with E-state index >= 15 is 0 Å². The van der Waals surface area contributed by atoms with Crippen LogP contribution in [0, 0.1) is 0 Å². The Hall–Kier alpha value is 2.27. The molecule has 0 saturated carbocycles. The minimum absolute atomic E-state index is 0. The van der Waals surface area contributed by atoms with E-state index in [9.17, 15) is 0 Å². The zero-order valence-electron chi connectivity index (χ0n) is 2.41. The molecule has 1 nitrogen and oxygen atoms in total. The molecule has 2 radical (unpaired) electrons. The minimum Gasteiger partial charge on any atom is 0 e. The molecule has 0 saturated heterocycles. The van der Waals surface area contributed by atoms with E-state index in [-0.39, 0.29) is 75.1 Å². The maximum atomic E-state index is 0. The molecule has 0 amide bonds. The molecular formula is H4OSnZnZr. The van der Waals surface area contributed by atoms with E-state index in [1.54, 1.807) is 0 Å². The van der Waals surface area contributed by atoms with Crippen LogP contribution in [0.25, 0.3) is 0 Å². The predicted octanol–water partition coefficient (Wildman–Crippen LogP) is -1.75. The Morgan fingerprint density at radius 2 is 1.00 bits per heavy atom. The largest absolute Gasteiger partial charge is 0 e. The van der Waals surface area contributed by atoms with E-state index in [1.807, 2.05) is 0 Å². The first kappa shape index (κ1) is 33.8. The van der Waals surface area contributed by atoms with Crippen LogP contribution in [-0.2, 0) is 45.7 Å². The molecular weight excluding hydrogens is 291 g/mol. The van der Waals surface area contributed by atoms with Crippen LogP contribution in [0.15, 0.2) is 0 Å². The van der Waals surface area contributed by atoms with E-state index < -0.39 is 0 Å². The van der Waals surface area contributed by atoms with Gasteiger partial charge in [-0.05, 0) is 0 Å². The number of hydrogen-bond acceptors (Lipinski definition) is 0. The zero-order valence-corrected chi connectivity index (χ0v) is 11.9. The molecule has 0 aliphatic heterocycles. The first-order chi connectivity index (χ1) is 0. The molecule has 0 spiro atoms. The first-order valence-electron chi connectivity index (χ1n) is 0. The van der Waals surface area contributed by atoms with Crippen molar-refractivity contribution in [2.24, 2.45) is 0 Å². The van der Waals surface area contributed by atoms with Crippen molar-refractivity contribution in [3.8, 4) is 0 Å². The van der Waals surface area contributed by atoms with Crippen molar-refractivity contribution in [1.82, 2.24) is 0 Å². The molecule has 0 aromatic carbocycles. The molecule has 0 bridgehead atoms. The van der Waals surface area contributed by atoms with E-state index in [4.69, 9.17) is 0 Å². The van der Waals surface area contributed by atoms with Crippen LogP contribution < -0.4 is 0 Å². The molecule has 0 fully saturated rings. The Bertz CT molecular complexity index is 8.00. The molecule has 4 heavy (non-hydrogen) atoms. The minimum atomic E-state index is 0. The van der Waals surface area contributed by atoms with Gasteiger partial charge in [0.25, 0.3) is 0 Å².